The van der Waals surface area contributed by atoms with Crippen molar-refractivity contribution < 1.29 is 8.42 Å². The molecule has 1 aliphatic rings. The zero-order chi connectivity index (χ0) is 15.5. The van der Waals surface area contributed by atoms with Gasteiger partial charge in [-0.15, -0.1) is 11.3 Å². The Balaban J connectivity index is 2.09. The molecule has 1 saturated carbocycles. The Labute approximate surface area is 132 Å². The zero-order valence-corrected chi connectivity index (χ0v) is 14.8. The summed E-state index contributed by atoms with van der Waals surface area (Å²) >= 11 is 1.52. The van der Waals surface area contributed by atoms with Crippen molar-refractivity contribution in [2.24, 2.45) is 5.92 Å². The molecule has 0 saturated heterocycles. The summed E-state index contributed by atoms with van der Waals surface area (Å²) in [6.45, 7) is 8.24. The average molecular weight is 331 g/mol. The van der Waals surface area contributed by atoms with Crippen LogP contribution < -0.4 is 5.32 Å². The van der Waals surface area contributed by atoms with Gasteiger partial charge in [-0.25, -0.2) is 8.42 Å². The highest BCUT2D eigenvalue weighted by atomic mass is 32.2. The van der Waals surface area contributed by atoms with Crippen LogP contribution in [0.25, 0.3) is 0 Å². The second kappa shape index (κ2) is 7.22. The summed E-state index contributed by atoms with van der Waals surface area (Å²) < 4.78 is 27.2. The van der Waals surface area contributed by atoms with Gasteiger partial charge in [-0.05, 0) is 31.2 Å². The normalized spacial score (nSPS) is 16.0. The number of nitrogens with zero attached hydrogens (tertiary/aromatic N) is 1. The highest BCUT2D eigenvalue weighted by molar-refractivity contribution is 7.89. The molecule has 0 unspecified atom stereocenters. The van der Waals surface area contributed by atoms with Crippen molar-refractivity contribution in [2.75, 3.05) is 13.1 Å². The third kappa shape index (κ3) is 4.77. The maximum atomic E-state index is 12.7. The van der Waals surface area contributed by atoms with Crippen LogP contribution in [0.15, 0.2) is 16.3 Å². The van der Waals surface area contributed by atoms with Crippen LogP contribution in [0.3, 0.4) is 0 Å². The van der Waals surface area contributed by atoms with Crippen molar-refractivity contribution in [1.29, 1.82) is 0 Å². The van der Waals surface area contributed by atoms with Gasteiger partial charge in [-0.2, -0.15) is 4.31 Å². The first kappa shape index (κ1) is 16.9. The van der Waals surface area contributed by atoms with Gasteiger partial charge in [0.2, 0.25) is 10.0 Å². The summed E-state index contributed by atoms with van der Waals surface area (Å²) in [6, 6.07) is 2.23. The molecule has 0 spiro atoms. The molecule has 1 aliphatic carbocycles. The fourth-order valence-corrected chi connectivity index (χ4v) is 5.01. The van der Waals surface area contributed by atoms with Gasteiger partial charge in [0, 0.05) is 35.9 Å². The Kier molecular flexibility index (Phi) is 5.82. The Morgan fingerprint density at radius 3 is 2.71 bits per heavy atom. The Hall–Kier alpha value is -0.430. The highest BCUT2D eigenvalue weighted by Gasteiger charge is 2.31. The van der Waals surface area contributed by atoms with Crippen LogP contribution in [0.2, 0.25) is 0 Å². The minimum Gasteiger partial charge on any atom is -0.310 e. The molecule has 1 N–H and O–H groups in total. The molecule has 0 radical (unpaired) electrons. The van der Waals surface area contributed by atoms with Gasteiger partial charge in [0.25, 0.3) is 0 Å². The lowest BCUT2D eigenvalue weighted by Gasteiger charge is -2.20. The second-order valence-corrected chi connectivity index (χ2v) is 9.02. The van der Waals surface area contributed by atoms with Crippen LogP contribution in [-0.4, -0.2) is 31.9 Å². The molecule has 2 rings (SSSR count). The van der Waals surface area contributed by atoms with Gasteiger partial charge in [0.1, 0.15) is 0 Å². The Bertz CT molecular complexity index is 548. The summed E-state index contributed by atoms with van der Waals surface area (Å²) in [5.41, 5.74) is 0. The fraction of sp³-hybridized carbons (Fsp3) is 0.733. The lowest BCUT2D eigenvalue weighted by atomic mass is 10.4. The van der Waals surface area contributed by atoms with E-state index in [0.717, 1.165) is 17.8 Å². The Morgan fingerprint density at radius 1 is 1.43 bits per heavy atom. The van der Waals surface area contributed by atoms with E-state index >= 15 is 0 Å². The molecule has 0 amide bonds. The van der Waals surface area contributed by atoms with E-state index in [1.54, 1.807) is 9.69 Å². The molecule has 0 atom stereocenters. The van der Waals surface area contributed by atoms with Gasteiger partial charge in [0.05, 0.1) is 4.90 Å². The molecule has 0 bridgehead atoms. The van der Waals surface area contributed by atoms with E-state index in [2.05, 4.69) is 19.2 Å². The monoisotopic (exact) mass is 330 g/mol. The lowest BCUT2D eigenvalue weighted by molar-refractivity contribution is 0.396. The summed E-state index contributed by atoms with van der Waals surface area (Å²) in [5, 5.41) is 5.11. The number of rotatable bonds is 9. The van der Waals surface area contributed by atoms with Gasteiger partial charge < -0.3 is 5.32 Å². The molecule has 21 heavy (non-hydrogen) atoms. The van der Waals surface area contributed by atoms with E-state index in [4.69, 9.17) is 0 Å². The highest BCUT2D eigenvalue weighted by Crippen LogP contribution is 2.32. The molecule has 1 aromatic heterocycles. The third-order valence-corrected chi connectivity index (χ3v) is 6.51. The first-order valence-corrected chi connectivity index (χ1v) is 10.1. The fourth-order valence-electron chi connectivity index (χ4n) is 2.19. The van der Waals surface area contributed by atoms with E-state index in [0.29, 0.717) is 29.9 Å². The first-order chi connectivity index (χ1) is 9.93. The molecule has 1 fully saturated rings. The van der Waals surface area contributed by atoms with Gasteiger partial charge in [0.15, 0.2) is 0 Å². The van der Waals surface area contributed by atoms with Crippen molar-refractivity contribution in [1.82, 2.24) is 9.62 Å². The van der Waals surface area contributed by atoms with Crippen molar-refractivity contribution in [3.8, 4) is 0 Å². The van der Waals surface area contributed by atoms with Crippen LogP contribution >= 0.6 is 11.3 Å². The van der Waals surface area contributed by atoms with Crippen molar-refractivity contribution in [3.05, 3.63) is 16.3 Å². The number of thiophene rings is 1. The summed E-state index contributed by atoms with van der Waals surface area (Å²) in [7, 11) is -3.32. The van der Waals surface area contributed by atoms with Crippen LogP contribution in [0.5, 0.6) is 0 Å². The third-order valence-electron chi connectivity index (χ3n) is 3.58. The van der Waals surface area contributed by atoms with E-state index < -0.39 is 10.0 Å². The van der Waals surface area contributed by atoms with Crippen LogP contribution in [-0.2, 0) is 16.6 Å². The van der Waals surface area contributed by atoms with Crippen molar-refractivity contribution >= 4 is 21.4 Å². The number of sulfonamides is 1. The SMILES string of the molecule is CCCN(CC1CC1)S(=O)(=O)c1csc(CNC(C)C)c1. The first-order valence-electron chi connectivity index (χ1n) is 7.74. The minimum absolute atomic E-state index is 0.401. The quantitative estimate of drug-likeness (QED) is 0.757. The van der Waals surface area contributed by atoms with Gasteiger partial charge >= 0.3 is 0 Å². The second-order valence-electron chi connectivity index (χ2n) is 6.09. The lowest BCUT2D eigenvalue weighted by Crippen LogP contribution is -2.33. The number of hydrogen-bond acceptors (Lipinski definition) is 4. The van der Waals surface area contributed by atoms with E-state index in [-0.39, 0.29) is 0 Å². The molecule has 0 aliphatic heterocycles. The molecule has 6 heteroatoms. The molecule has 120 valence electrons. The summed E-state index contributed by atoms with van der Waals surface area (Å²) in [4.78, 5) is 1.53. The van der Waals surface area contributed by atoms with Crippen molar-refractivity contribution in [3.63, 3.8) is 0 Å². The van der Waals surface area contributed by atoms with E-state index in [1.165, 1.54) is 24.2 Å². The topological polar surface area (TPSA) is 49.4 Å². The van der Waals surface area contributed by atoms with Crippen LogP contribution in [0.1, 0.15) is 44.9 Å². The standard InChI is InChI=1S/C15H26N2O2S2/c1-4-7-17(10-13-5-6-13)21(18,19)15-8-14(20-11-15)9-16-12(2)3/h8,11-13,16H,4-7,9-10H2,1-3H3. The van der Waals surface area contributed by atoms with Crippen LogP contribution in [0, 0.1) is 5.92 Å². The smallest absolute Gasteiger partial charge is 0.243 e. The molecular weight excluding hydrogens is 304 g/mol. The average Bonchev–Trinajstić information content (AvgIpc) is 3.10. The largest absolute Gasteiger partial charge is 0.310 e. The van der Waals surface area contributed by atoms with Gasteiger partial charge in [-0.3, -0.25) is 0 Å². The van der Waals surface area contributed by atoms with Crippen LogP contribution in [0.4, 0.5) is 0 Å². The minimum atomic E-state index is -3.32. The van der Waals surface area contributed by atoms with E-state index in [1.807, 2.05) is 13.0 Å². The molecular formula is C15H26N2O2S2. The molecule has 1 aromatic rings. The van der Waals surface area contributed by atoms with E-state index in [9.17, 15) is 8.42 Å². The maximum absolute atomic E-state index is 12.7. The van der Waals surface area contributed by atoms with Crippen molar-refractivity contribution in [2.45, 2.75) is 57.5 Å². The Morgan fingerprint density at radius 2 is 2.14 bits per heavy atom. The molecule has 0 aromatic carbocycles. The molecule has 1 heterocycles. The predicted molar refractivity (Wildman–Crippen MR) is 88.1 cm³/mol. The summed E-state index contributed by atoms with van der Waals surface area (Å²) in [6.07, 6.45) is 3.20. The predicted octanol–water partition coefficient (Wildman–Crippen LogP) is 3.06. The zero-order valence-electron chi connectivity index (χ0n) is 13.1. The van der Waals surface area contributed by atoms with Gasteiger partial charge in [-0.1, -0.05) is 20.8 Å². The summed E-state index contributed by atoms with van der Waals surface area (Å²) in [5.74, 6) is 0.576. The molecule has 4 nitrogen and oxygen atoms in total. The number of hydrogen-bond donors (Lipinski definition) is 1. The maximum Gasteiger partial charge on any atom is 0.243 e. The number of nitrogens with one attached hydrogen (secondary N) is 1.